The third-order valence-electron chi connectivity index (χ3n) is 1.84. The maximum absolute atomic E-state index is 12.4. The Balaban J connectivity index is 2.94. The van der Waals surface area contributed by atoms with Crippen LogP contribution in [0.5, 0.6) is 0 Å². The van der Waals surface area contributed by atoms with E-state index < -0.39 is 17.9 Å². The fourth-order valence-electron chi connectivity index (χ4n) is 0.998. The fourth-order valence-corrected chi connectivity index (χ4v) is 0.998. The highest BCUT2D eigenvalue weighted by atomic mass is 19.4. The van der Waals surface area contributed by atoms with Crippen molar-refractivity contribution in [1.82, 2.24) is 15.3 Å². The smallest absolute Gasteiger partial charge is 0.361 e. The van der Waals surface area contributed by atoms with E-state index in [1.165, 1.54) is 7.05 Å². The number of carbonyl (C=O) groups excluding carboxylic acids is 1. The number of nitrogens with zero attached hydrogens (tertiary/aromatic N) is 2. The van der Waals surface area contributed by atoms with Crippen molar-refractivity contribution in [3.8, 4) is 0 Å². The molecule has 0 bridgehead atoms. The molecule has 1 amide bonds. The van der Waals surface area contributed by atoms with E-state index in [1.807, 2.05) is 5.43 Å². The van der Waals surface area contributed by atoms with Crippen LogP contribution in [0.3, 0.4) is 0 Å². The lowest BCUT2D eigenvalue weighted by atomic mass is 10.4. The van der Waals surface area contributed by atoms with E-state index in [9.17, 15) is 18.0 Å². The standard InChI is InChI=1S/C8H11F3N6O/c1-13-6(18)3-14-4-2-5(17-12)16-7(15-4)8(9,10)11/h2H,3,12H2,1H3,(H,13,18)(H2,14,15,16,17). The Kier molecular flexibility index (Phi) is 4.26. The van der Waals surface area contributed by atoms with Gasteiger partial charge >= 0.3 is 6.18 Å². The minimum Gasteiger partial charge on any atom is -0.361 e. The van der Waals surface area contributed by atoms with Gasteiger partial charge in [-0.15, -0.1) is 0 Å². The highest BCUT2D eigenvalue weighted by molar-refractivity contribution is 5.80. The molecule has 0 atom stereocenters. The molecule has 0 fully saturated rings. The first kappa shape index (κ1) is 14.0. The van der Waals surface area contributed by atoms with Gasteiger partial charge in [-0.1, -0.05) is 0 Å². The van der Waals surface area contributed by atoms with E-state index in [0.29, 0.717) is 0 Å². The van der Waals surface area contributed by atoms with E-state index in [-0.39, 0.29) is 18.2 Å². The molecule has 0 aliphatic carbocycles. The molecule has 5 N–H and O–H groups in total. The monoisotopic (exact) mass is 264 g/mol. The topological polar surface area (TPSA) is 105 Å². The Labute approximate surface area is 99.9 Å². The van der Waals surface area contributed by atoms with Crippen LogP contribution in [0.2, 0.25) is 0 Å². The average molecular weight is 264 g/mol. The molecule has 7 nitrogen and oxygen atoms in total. The Morgan fingerprint density at radius 3 is 2.50 bits per heavy atom. The third-order valence-corrected chi connectivity index (χ3v) is 1.84. The molecule has 18 heavy (non-hydrogen) atoms. The number of anilines is 2. The van der Waals surface area contributed by atoms with Gasteiger partial charge in [0.15, 0.2) is 0 Å². The Bertz CT molecular complexity index is 435. The molecular weight excluding hydrogens is 253 g/mol. The van der Waals surface area contributed by atoms with Crippen molar-refractivity contribution in [2.45, 2.75) is 6.18 Å². The highest BCUT2D eigenvalue weighted by Gasteiger charge is 2.35. The Morgan fingerprint density at radius 2 is 2.00 bits per heavy atom. The summed E-state index contributed by atoms with van der Waals surface area (Å²) >= 11 is 0. The van der Waals surface area contributed by atoms with Gasteiger partial charge in [0.2, 0.25) is 11.7 Å². The number of hydrogen-bond acceptors (Lipinski definition) is 6. The summed E-state index contributed by atoms with van der Waals surface area (Å²) in [6.07, 6.45) is -4.70. The van der Waals surface area contributed by atoms with Crippen LogP contribution in [0.4, 0.5) is 24.8 Å². The average Bonchev–Trinajstić information content (AvgIpc) is 2.34. The van der Waals surface area contributed by atoms with Crippen LogP contribution >= 0.6 is 0 Å². The van der Waals surface area contributed by atoms with E-state index in [1.54, 1.807) is 0 Å². The van der Waals surface area contributed by atoms with Gasteiger partial charge in [0, 0.05) is 13.1 Å². The number of hydrogen-bond donors (Lipinski definition) is 4. The third kappa shape index (κ3) is 3.73. The molecule has 0 unspecified atom stereocenters. The molecule has 0 aromatic carbocycles. The summed E-state index contributed by atoms with van der Waals surface area (Å²) < 4.78 is 37.3. The van der Waals surface area contributed by atoms with Gasteiger partial charge in [0.25, 0.3) is 0 Å². The van der Waals surface area contributed by atoms with Crippen molar-refractivity contribution < 1.29 is 18.0 Å². The summed E-state index contributed by atoms with van der Waals surface area (Å²) in [7, 11) is 1.40. The molecule has 0 saturated heterocycles. The predicted molar refractivity (Wildman–Crippen MR) is 57.4 cm³/mol. The van der Waals surface area contributed by atoms with Gasteiger partial charge in [0.05, 0.1) is 6.54 Å². The SMILES string of the molecule is CNC(=O)CNc1cc(NN)nc(C(F)(F)F)n1. The molecule has 0 aliphatic heterocycles. The highest BCUT2D eigenvalue weighted by Crippen LogP contribution is 2.27. The van der Waals surface area contributed by atoms with Crippen molar-refractivity contribution in [3.63, 3.8) is 0 Å². The molecule has 0 spiro atoms. The minimum absolute atomic E-state index is 0.158. The summed E-state index contributed by atoms with van der Waals surface area (Å²) in [6, 6.07) is 1.15. The second-order valence-corrected chi connectivity index (χ2v) is 3.13. The van der Waals surface area contributed by atoms with Gasteiger partial charge in [-0.2, -0.15) is 13.2 Å². The maximum atomic E-state index is 12.4. The number of hydrazine groups is 1. The summed E-state index contributed by atoms with van der Waals surface area (Å²) in [6.45, 7) is -0.213. The van der Waals surface area contributed by atoms with Crippen LogP contribution in [0.15, 0.2) is 6.07 Å². The Morgan fingerprint density at radius 1 is 1.39 bits per heavy atom. The lowest BCUT2D eigenvalue weighted by Gasteiger charge is -2.10. The zero-order valence-electron chi connectivity index (χ0n) is 9.30. The summed E-state index contributed by atoms with van der Waals surface area (Å²) in [4.78, 5) is 17.3. The number of aromatic nitrogens is 2. The molecule has 10 heteroatoms. The van der Waals surface area contributed by atoms with Gasteiger partial charge in [0.1, 0.15) is 11.6 Å². The molecule has 1 aromatic heterocycles. The van der Waals surface area contributed by atoms with Gasteiger partial charge in [-0.25, -0.2) is 15.8 Å². The van der Waals surface area contributed by atoms with Crippen molar-refractivity contribution >= 4 is 17.5 Å². The normalized spacial score (nSPS) is 10.9. The van der Waals surface area contributed by atoms with Crippen molar-refractivity contribution in [3.05, 3.63) is 11.9 Å². The van der Waals surface area contributed by atoms with E-state index in [0.717, 1.165) is 6.07 Å². The number of amides is 1. The minimum atomic E-state index is -4.70. The molecule has 1 heterocycles. The summed E-state index contributed by atoms with van der Waals surface area (Å²) in [5, 5.41) is 4.73. The number of nitrogen functional groups attached to an aromatic ring is 1. The second-order valence-electron chi connectivity index (χ2n) is 3.13. The van der Waals surface area contributed by atoms with Crippen LogP contribution < -0.4 is 21.9 Å². The van der Waals surface area contributed by atoms with Gasteiger partial charge in [-0.3, -0.25) is 4.79 Å². The van der Waals surface area contributed by atoms with E-state index in [4.69, 9.17) is 5.84 Å². The number of carbonyl (C=O) groups is 1. The van der Waals surface area contributed by atoms with Crippen LogP contribution in [0, 0.1) is 0 Å². The zero-order chi connectivity index (χ0) is 13.8. The summed E-state index contributed by atoms with van der Waals surface area (Å²) in [5.74, 6) is 2.88. The van der Waals surface area contributed by atoms with Crippen LogP contribution in [-0.2, 0) is 11.0 Å². The number of nitrogens with two attached hydrogens (primary N) is 1. The fraction of sp³-hybridized carbons (Fsp3) is 0.375. The quantitative estimate of drug-likeness (QED) is 0.448. The Hall–Kier alpha value is -2.10. The molecule has 1 rings (SSSR count). The second kappa shape index (κ2) is 5.49. The molecule has 0 radical (unpaired) electrons. The van der Waals surface area contributed by atoms with Gasteiger partial charge in [-0.05, 0) is 0 Å². The predicted octanol–water partition coefficient (Wildman–Crippen LogP) is -0.0611. The number of alkyl halides is 3. The van der Waals surface area contributed by atoms with Crippen molar-refractivity contribution in [2.75, 3.05) is 24.3 Å². The first-order chi connectivity index (χ1) is 8.36. The lowest BCUT2D eigenvalue weighted by molar-refractivity contribution is -0.144. The number of likely N-dealkylation sites (N-methyl/N-ethyl adjacent to an activating group) is 1. The summed E-state index contributed by atoms with van der Waals surface area (Å²) in [5.41, 5.74) is 1.99. The van der Waals surface area contributed by atoms with Crippen molar-refractivity contribution in [1.29, 1.82) is 0 Å². The molecule has 0 saturated carbocycles. The lowest BCUT2D eigenvalue weighted by Crippen LogP contribution is -2.27. The van der Waals surface area contributed by atoms with Crippen LogP contribution in [0.1, 0.15) is 5.82 Å². The largest absolute Gasteiger partial charge is 0.451 e. The van der Waals surface area contributed by atoms with Crippen LogP contribution in [0.25, 0.3) is 0 Å². The number of halogens is 3. The molecule has 100 valence electrons. The first-order valence-corrected chi connectivity index (χ1v) is 4.74. The molecule has 1 aromatic rings. The number of rotatable bonds is 4. The molecule has 0 aliphatic rings. The zero-order valence-corrected chi connectivity index (χ0v) is 9.30. The molecular formula is C8H11F3N6O. The van der Waals surface area contributed by atoms with E-state index >= 15 is 0 Å². The van der Waals surface area contributed by atoms with E-state index in [2.05, 4.69) is 20.6 Å². The maximum Gasteiger partial charge on any atom is 0.451 e. The van der Waals surface area contributed by atoms with Gasteiger partial charge < -0.3 is 16.1 Å². The number of nitrogens with one attached hydrogen (secondary N) is 3. The first-order valence-electron chi connectivity index (χ1n) is 4.74. The van der Waals surface area contributed by atoms with Crippen LogP contribution in [-0.4, -0.2) is 29.5 Å². The van der Waals surface area contributed by atoms with Crippen molar-refractivity contribution in [2.24, 2.45) is 5.84 Å².